The molecule has 0 saturated carbocycles. The number of ether oxygens (including phenoxy) is 3. The number of halogens is 1. The van der Waals surface area contributed by atoms with E-state index in [2.05, 4.69) is 15.4 Å². The fourth-order valence-electron chi connectivity index (χ4n) is 4.18. The predicted molar refractivity (Wildman–Crippen MR) is 129 cm³/mol. The zero-order valence-corrected chi connectivity index (χ0v) is 19.6. The molecule has 7 nitrogen and oxygen atoms in total. The van der Waals surface area contributed by atoms with E-state index in [1.54, 1.807) is 20.3 Å². The van der Waals surface area contributed by atoms with Crippen LogP contribution in [0.2, 0.25) is 0 Å². The number of benzene rings is 2. The largest absolute Gasteiger partial charge is 0.493 e. The van der Waals surface area contributed by atoms with Gasteiger partial charge in [-0.15, -0.1) is 0 Å². The van der Waals surface area contributed by atoms with E-state index in [0.29, 0.717) is 34.8 Å². The maximum absolute atomic E-state index is 13.4. The van der Waals surface area contributed by atoms with Crippen LogP contribution in [0.15, 0.2) is 40.9 Å². The van der Waals surface area contributed by atoms with Crippen molar-refractivity contribution in [2.45, 2.75) is 25.2 Å². The van der Waals surface area contributed by atoms with Crippen LogP contribution >= 0.6 is 12.2 Å². The number of fused-ring (bicyclic) bond motifs is 1. The van der Waals surface area contributed by atoms with E-state index in [4.69, 9.17) is 31.0 Å². The number of piperidine rings is 1. The average molecular weight is 474 g/mol. The van der Waals surface area contributed by atoms with E-state index in [9.17, 15) is 4.39 Å². The number of nitrogens with one attached hydrogen (secondary N) is 1. The van der Waals surface area contributed by atoms with E-state index in [-0.39, 0.29) is 5.82 Å². The van der Waals surface area contributed by atoms with Gasteiger partial charge in [0.2, 0.25) is 0 Å². The van der Waals surface area contributed by atoms with Gasteiger partial charge < -0.3 is 29.0 Å². The highest BCUT2D eigenvalue weighted by molar-refractivity contribution is 7.80. The number of nitrogens with zero attached hydrogens (tertiary/aromatic N) is 2. The minimum absolute atomic E-state index is 0.305. The molecule has 0 bridgehead atoms. The molecule has 0 amide bonds. The Kier molecular flexibility index (Phi) is 7.61. The molecule has 0 unspecified atom stereocenters. The van der Waals surface area contributed by atoms with Gasteiger partial charge in [0.25, 0.3) is 5.17 Å². The molecule has 176 valence electrons. The van der Waals surface area contributed by atoms with Crippen molar-refractivity contribution in [2.75, 3.05) is 45.8 Å². The summed E-state index contributed by atoms with van der Waals surface area (Å²) in [7, 11) is 3.19. The van der Waals surface area contributed by atoms with Gasteiger partial charge in [-0.25, -0.2) is 4.39 Å². The lowest BCUT2D eigenvalue weighted by atomic mass is 9.91. The zero-order valence-electron chi connectivity index (χ0n) is 18.8. The fourth-order valence-corrected chi connectivity index (χ4v) is 4.38. The van der Waals surface area contributed by atoms with Crippen molar-refractivity contribution >= 4 is 34.0 Å². The second-order valence-electron chi connectivity index (χ2n) is 8.01. The Bertz CT molecular complexity index is 1100. The van der Waals surface area contributed by atoms with E-state index in [1.165, 1.54) is 12.1 Å². The molecular formula is C24H28FN3O4S. The molecule has 9 heteroatoms. The maximum Gasteiger partial charge on any atom is 0.261 e. The molecule has 1 saturated heterocycles. The molecule has 1 fully saturated rings. The normalized spacial score (nSPS) is 14.9. The quantitative estimate of drug-likeness (QED) is 0.363. The van der Waals surface area contributed by atoms with Crippen LogP contribution in [0.5, 0.6) is 11.5 Å². The third kappa shape index (κ3) is 5.72. The van der Waals surface area contributed by atoms with Gasteiger partial charge >= 0.3 is 0 Å². The number of methoxy groups -OCH3 is 2. The molecule has 0 radical (unpaired) electrons. The van der Waals surface area contributed by atoms with Crippen molar-refractivity contribution < 1.29 is 23.1 Å². The lowest BCUT2D eigenvalue weighted by molar-refractivity contribution is 0.189. The Balaban J connectivity index is 1.17. The van der Waals surface area contributed by atoms with Crippen LogP contribution in [0.4, 0.5) is 10.1 Å². The molecule has 1 aliphatic rings. The van der Waals surface area contributed by atoms with Gasteiger partial charge in [-0.1, -0.05) is 5.16 Å². The smallest absolute Gasteiger partial charge is 0.261 e. The second-order valence-corrected chi connectivity index (χ2v) is 8.38. The van der Waals surface area contributed by atoms with Crippen LogP contribution in [0.1, 0.15) is 30.9 Å². The molecule has 2 aromatic carbocycles. The van der Waals surface area contributed by atoms with E-state index >= 15 is 0 Å². The van der Waals surface area contributed by atoms with Crippen molar-refractivity contribution in [3.8, 4) is 11.5 Å². The standard InChI is InChI=1S/C24H28FN3O4S/c1-29-20-7-5-18(15-22(20)30-2)26-24(33)31-13-3-10-28-11-8-16(9-12-28)23-19-6-4-17(25)14-21(19)32-27-23/h4-7,14-16H,3,8-13H2,1-2H3,(H,26,33). The van der Waals surface area contributed by atoms with Crippen LogP contribution in [0.25, 0.3) is 11.0 Å². The summed E-state index contributed by atoms with van der Waals surface area (Å²) >= 11 is 5.30. The molecular weight excluding hydrogens is 445 g/mol. The average Bonchev–Trinajstić information content (AvgIpc) is 3.25. The third-order valence-corrected chi connectivity index (χ3v) is 6.14. The van der Waals surface area contributed by atoms with Crippen LogP contribution in [-0.4, -0.2) is 55.7 Å². The van der Waals surface area contributed by atoms with Crippen molar-refractivity contribution in [2.24, 2.45) is 0 Å². The fraction of sp³-hybridized carbons (Fsp3) is 0.417. The Hall–Kier alpha value is -2.91. The van der Waals surface area contributed by atoms with Crippen molar-refractivity contribution in [3.05, 3.63) is 47.9 Å². The van der Waals surface area contributed by atoms with Crippen LogP contribution in [0.3, 0.4) is 0 Å². The predicted octanol–water partition coefficient (Wildman–Crippen LogP) is 4.97. The second kappa shape index (κ2) is 10.8. The van der Waals surface area contributed by atoms with E-state index in [0.717, 1.165) is 55.7 Å². The van der Waals surface area contributed by atoms with Gasteiger partial charge in [-0.2, -0.15) is 0 Å². The summed E-state index contributed by atoms with van der Waals surface area (Å²) in [4.78, 5) is 2.42. The number of likely N-dealkylation sites (tertiary alicyclic amines) is 1. The highest BCUT2D eigenvalue weighted by Gasteiger charge is 2.25. The van der Waals surface area contributed by atoms with Gasteiger partial charge in [0, 0.05) is 35.7 Å². The first kappa shape index (κ1) is 23.3. The monoisotopic (exact) mass is 473 g/mol. The first-order valence-electron chi connectivity index (χ1n) is 11.0. The van der Waals surface area contributed by atoms with Gasteiger partial charge in [0.15, 0.2) is 17.1 Å². The molecule has 33 heavy (non-hydrogen) atoms. The molecule has 0 atom stereocenters. The molecule has 1 aliphatic heterocycles. The molecule has 2 heterocycles. The summed E-state index contributed by atoms with van der Waals surface area (Å²) in [5, 5.41) is 8.53. The van der Waals surface area contributed by atoms with Gasteiger partial charge in [0.05, 0.1) is 26.5 Å². The Morgan fingerprint density at radius 3 is 2.70 bits per heavy atom. The van der Waals surface area contributed by atoms with Crippen LogP contribution in [-0.2, 0) is 4.74 Å². The number of anilines is 1. The number of aromatic nitrogens is 1. The van der Waals surface area contributed by atoms with Crippen molar-refractivity contribution in [3.63, 3.8) is 0 Å². The lowest BCUT2D eigenvalue weighted by Crippen LogP contribution is -2.34. The van der Waals surface area contributed by atoms with Crippen LogP contribution in [0, 0.1) is 5.82 Å². The Morgan fingerprint density at radius 2 is 1.94 bits per heavy atom. The highest BCUT2D eigenvalue weighted by Crippen LogP contribution is 2.33. The summed E-state index contributed by atoms with van der Waals surface area (Å²) < 4.78 is 34.9. The van der Waals surface area contributed by atoms with Gasteiger partial charge in [-0.05, 0) is 68.8 Å². The third-order valence-electron chi connectivity index (χ3n) is 5.92. The van der Waals surface area contributed by atoms with Gasteiger partial charge in [0.1, 0.15) is 5.82 Å². The Labute approximate surface area is 197 Å². The molecule has 3 aromatic rings. The van der Waals surface area contributed by atoms with Crippen molar-refractivity contribution in [1.82, 2.24) is 10.1 Å². The van der Waals surface area contributed by atoms with E-state index in [1.807, 2.05) is 18.2 Å². The topological polar surface area (TPSA) is 69.0 Å². The van der Waals surface area contributed by atoms with Crippen LogP contribution < -0.4 is 14.8 Å². The highest BCUT2D eigenvalue weighted by atomic mass is 32.1. The molecule has 0 aliphatic carbocycles. The minimum Gasteiger partial charge on any atom is -0.493 e. The van der Waals surface area contributed by atoms with E-state index < -0.39 is 0 Å². The number of rotatable bonds is 8. The summed E-state index contributed by atoms with van der Waals surface area (Å²) in [6, 6.07) is 10.1. The van der Waals surface area contributed by atoms with Crippen molar-refractivity contribution in [1.29, 1.82) is 0 Å². The summed E-state index contributed by atoms with van der Waals surface area (Å²) in [6.45, 7) is 3.44. The first-order chi connectivity index (χ1) is 16.1. The number of hydrogen-bond acceptors (Lipinski definition) is 7. The molecule has 4 rings (SSSR count). The number of thiocarbonyl (C=S) groups is 1. The molecule has 1 N–H and O–H groups in total. The summed E-state index contributed by atoms with van der Waals surface area (Å²) in [6.07, 6.45) is 2.88. The number of hydrogen-bond donors (Lipinski definition) is 1. The van der Waals surface area contributed by atoms with Gasteiger partial charge in [-0.3, -0.25) is 0 Å². The SMILES string of the molecule is COc1ccc(NC(=S)OCCCN2CCC(c3noc4cc(F)ccc34)CC2)cc1OC. The minimum atomic E-state index is -0.305. The molecule has 0 spiro atoms. The lowest BCUT2D eigenvalue weighted by Gasteiger charge is -2.31. The molecule has 1 aromatic heterocycles. The maximum atomic E-state index is 13.4. The zero-order chi connectivity index (χ0) is 23.2. The first-order valence-corrected chi connectivity index (χ1v) is 11.4. The summed E-state index contributed by atoms with van der Waals surface area (Å²) in [5.74, 6) is 1.31. The Morgan fingerprint density at radius 1 is 1.15 bits per heavy atom. The summed E-state index contributed by atoms with van der Waals surface area (Å²) in [5.41, 5.74) is 2.24.